The first-order valence-corrected chi connectivity index (χ1v) is 8.16. The van der Waals surface area contributed by atoms with Crippen molar-refractivity contribution in [1.82, 2.24) is 14.9 Å². The third kappa shape index (κ3) is 4.31. The number of rotatable bonds is 3. The SMILES string of the molecule is COc1ccnc(N2CCN(C(=O)c3ccsc3)CC2)n1.OCl. The van der Waals surface area contributed by atoms with Gasteiger partial charge in [0, 0.05) is 43.8 Å². The minimum atomic E-state index is 0.0995. The van der Waals surface area contributed by atoms with Gasteiger partial charge in [0.1, 0.15) is 0 Å². The van der Waals surface area contributed by atoms with Crippen molar-refractivity contribution in [2.45, 2.75) is 0 Å². The molecule has 2 aromatic rings. The largest absolute Gasteiger partial charge is 0.481 e. The van der Waals surface area contributed by atoms with E-state index < -0.39 is 0 Å². The van der Waals surface area contributed by atoms with Gasteiger partial charge in [-0.15, -0.1) is 0 Å². The van der Waals surface area contributed by atoms with Crippen molar-refractivity contribution in [3.8, 4) is 5.88 Å². The van der Waals surface area contributed by atoms with Gasteiger partial charge in [-0.25, -0.2) is 4.98 Å². The number of carbonyl (C=O) groups is 1. The van der Waals surface area contributed by atoms with Crippen LogP contribution in [-0.4, -0.2) is 58.7 Å². The van der Waals surface area contributed by atoms with Crippen molar-refractivity contribution >= 4 is 35.1 Å². The number of methoxy groups -OCH3 is 1. The summed E-state index contributed by atoms with van der Waals surface area (Å²) < 4.78 is 11.6. The zero-order valence-corrected chi connectivity index (χ0v) is 14.1. The van der Waals surface area contributed by atoms with Crippen LogP contribution in [0, 0.1) is 0 Å². The molecular weight excluding hydrogens is 340 g/mol. The predicted molar refractivity (Wildman–Crippen MR) is 89.1 cm³/mol. The molecule has 23 heavy (non-hydrogen) atoms. The van der Waals surface area contributed by atoms with E-state index in [0.29, 0.717) is 24.9 Å². The topological polar surface area (TPSA) is 78.8 Å². The predicted octanol–water partition coefficient (Wildman–Crippen LogP) is 1.64. The van der Waals surface area contributed by atoms with Crippen molar-refractivity contribution in [1.29, 1.82) is 0 Å². The molecule has 0 bridgehead atoms. The summed E-state index contributed by atoms with van der Waals surface area (Å²) in [6.45, 7) is 2.80. The normalized spacial score (nSPS) is 14.0. The van der Waals surface area contributed by atoms with Crippen LogP contribution in [0.3, 0.4) is 0 Å². The molecule has 7 nitrogen and oxygen atoms in total. The highest BCUT2D eigenvalue weighted by molar-refractivity contribution is 7.08. The Hall–Kier alpha value is -1.90. The summed E-state index contributed by atoms with van der Waals surface area (Å²) in [6, 6.07) is 3.59. The van der Waals surface area contributed by atoms with Crippen LogP contribution < -0.4 is 9.64 Å². The summed E-state index contributed by atoms with van der Waals surface area (Å²) in [5.74, 6) is 1.30. The number of carbonyl (C=O) groups excluding carboxylic acids is 1. The molecule has 1 aliphatic heterocycles. The van der Waals surface area contributed by atoms with Gasteiger partial charge in [-0.3, -0.25) is 9.45 Å². The molecule has 0 atom stereocenters. The summed E-state index contributed by atoms with van der Waals surface area (Å²) in [6.07, 6.45) is 1.68. The van der Waals surface area contributed by atoms with Crippen molar-refractivity contribution in [2.75, 3.05) is 38.2 Å². The van der Waals surface area contributed by atoms with Crippen molar-refractivity contribution in [3.63, 3.8) is 0 Å². The molecular formula is C14H17ClN4O3S. The number of thiophene rings is 1. The Morgan fingerprint density at radius 2 is 2.04 bits per heavy atom. The second-order valence-corrected chi connectivity index (χ2v) is 5.47. The number of amides is 1. The molecule has 124 valence electrons. The molecule has 3 rings (SSSR count). The molecule has 0 saturated carbocycles. The van der Waals surface area contributed by atoms with Gasteiger partial charge >= 0.3 is 0 Å². The first-order chi connectivity index (χ1) is 11.3. The monoisotopic (exact) mass is 356 g/mol. The van der Waals surface area contributed by atoms with Gasteiger partial charge < -0.3 is 14.5 Å². The van der Waals surface area contributed by atoms with Crippen molar-refractivity contribution < 1.29 is 14.2 Å². The smallest absolute Gasteiger partial charge is 0.254 e. The fraction of sp³-hybridized carbons (Fsp3) is 0.357. The van der Waals surface area contributed by atoms with E-state index in [1.165, 1.54) is 0 Å². The van der Waals surface area contributed by atoms with Crippen LogP contribution in [0.2, 0.25) is 0 Å². The molecule has 0 radical (unpaired) electrons. The molecule has 1 fully saturated rings. The Morgan fingerprint density at radius 1 is 1.30 bits per heavy atom. The average molecular weight is 357 g/mol. The van der Waals surface area contributed by atoms with Crippen LogP contribution in [-0.2, 0) is 0 Å². The van der Waals surface area contributed by atoms with Crippen LogP contribution in [0.5, 0.6) is 5.88 Å². The molecule has 1 aliphatic rings. The Balaban J connectivity index is 0.000000924. The number of hydrogen-bond acceptors (Lipinski definition) is 7. The summed E-state index contributed by atoms with van der Waals surface area (Å²) in [5.41, 5.74) is 0.770. The fourth-order valence-corrected chi connectivity index (χ4v) is 2.91. The summed E-state index contributed by atoms with van der Waals surface area (Å²) in [5, 5.41) is 3.81. The standard InChI is InChI=1S/C14H16N4O2S.ClHO/c1-20-12-2-4-15-14(16-12)18-7-5-17(6-8-18)13(19)11-3-9-21-10-11;1-2/h2-4,9-10H,5-8H2,1H3;2H. The van der Waals surface area contributed by atoms with Crippen LogP contribution >= 0.6 is 23.2 Å². The number of hydrogen-bond donors (Lipinski definition) is 1. The van der Waals surface area contributed by atoms with Gasteiger partial charge in [-0.2, -0.15) is 16.3 Å². The summed E-state index contributed by atoms with van der Waals surface area (Å²) >= 11 is 5.18. The molecule has 1 N–H and O–H groups in total. The number of anilines is 1. The second-order valence-electron chi connectivity index (χ2n) is 4.69. The van der Waals surface area contributed by atoms with E-state index in [0.717, 1.165) is 18.7 Å². The van der Waals surface area contributed by atoms with E-state index in [1.54, 1.807) is 30.7 Å². The molecule has 0 aliphatic carbocycles. The lowest BCUT2D eigenvalue weighted by Gasteiger charge is -2.34. The number of piperazine rings is 1. The number of halogens is 1. The quantitative estimate of drug-likeness (QED) is 0.900. The molecule has 1 saturated heterocycles. The third-order valence-corrected chi connectivity index (χ3v) is 4.13. The Kier molecular flexibility index (Phi) is 6.57. The van der Waals surface area contributed by atoms with E-state index >= 15 is 0 Å². The third-order valence-electron chi connectivity index (χ3n) is 3.44. The summed E-state index contributed by atoms with van der Waals surface area (Å²) in [4.78, 5) is 24.8. The van der Waals surface area contributed by atoms with Crippen LogP contribution in [0.15, 0.2) is 29.1 Å². The lowest BCUT2D eigenvalue weighted by Crippen LogP contribution is -2.49. The van der Waals surface area contributed by atoms with Gasteiger partial charge in [0.15, 0.2) is 0 Å². The maximum absolute atomic E-state index is 12.3. The van der Waals surface area contributed by atoms with Gasteiger partial charge in [0.05, 0.1) is 24.5 Å². The van der Waals surface area contributed by atoms with E-state index in [2.05, 4.69) is 26.7 Å². The van der Waals surface area contributed by atoms with E-state index in [1.807, 2.05) is 21.7 Å². The molecule has 3 heterocycles. The molecule has 0 spiro atoms. The maximum atomic E-state index is 12.3. The number of aromatic nitrogens is 2. The molecule has 1 amide bonds. The van der Waals surface area contributed by atoms with Crippen LogP contribution in [0.1, 0.15) is 10.4 Å². The zero-order valence-electron chi connectivity index (χ0n) is 12.6. The molecule has 2 aromatic heterocycles. The molecule has 9 heteroatoms. The highest BCUT2D eigenvalue weighted by Crippen LogP contribution is 2.16. The highest BCUT2D eigenvalue weighted by Gasteiger charge is 2.23. The zero-order chi connectivity index (χ0) is 16.7. The Morgan fingerprint density at radius 3 is 2.65 bits per heavy atom. The Labute approximate surface area is 143 Å². The van der Waals surface area contributed by atoms with Gasteiger partial charge in [0.25, 0.3) is 5.91 Å². The lowest BCUT2D eigenvalue weighted by molar-refractivity contribution is 0.0746. The van der Waals surface area contributed by atoms with Gasteiger partial charge in [0.2, 0.25) is 11.8 Å². The highest BCUT2D eigenvalue weighted by atomic mass is 35.5. The first-order valence-electron chi connectivity index (χ1n) is 6.88. The average Bonchev–Trinajstić information content (AvgIpc) is 3.18. The Bertz CT molecular complexity index is 618. The molecule has 0 aromatic carbocycles. The minimum Gasteiger partial charge on any atom is -0.481 e. The van der Waals surface area contributed by atoms with Gasteiger partial charge in [-0.05, 0) is 11.4 Å². The van der Waals surface area contributed by atoms with Gasteiger partial charge in [-0.1, -0.05) is 0 Å². The molecule has 0 unspecified atom stereocenters. The lowest BCUT2D eigenvalue weighted by atomic mass is 10.2. The first kappa shape index (κ1) is 17.5. The maximum Gasteiger partial charge on any atom is 0.254 e. The van der Waals surface area contributed by atoms with Crippen molar-refractivity contribution in [3.05, 3.63) is 34.7 Å². The summed E-state index contributed by atoms with van der Waals surface area (Å²) in [7, 11) is 1.59. The minimum absolute atomic E-state index is 0.0995. The van der Waals surface area contributed by atoms with Crippen LogP contribution in [0.25, 0.3) is 0 Å². The van der Waals surface area contributed by atoms with E-state index in [-0.39, 0.29) is 5.91 Å². The van der Waals surface area contributed by atoms with Crippen LogP contribution in [0.4, 0.5) is 5.95 Å². The van der Waals surface area contributed by atoms with E-state index in [4.69, 9.17) is 9.40 Å². The van der Waals surface area contributed by atoms with E-state index in [9.17, 15) is 4.79 Å². The fourth-order valence-electron chi connectivity index (χ4n) is 2.28. The second kappa shape index (κ2) is 8.66. The number of nitrogens with zero attached hydrogens (tertiary/aromatic N) is 4. The number of ether oxygens (including phenoxy) is 1. The van der Waals surface area contributed by atoms with Crippen molar-refractivity contribution in [2.24, 2.45) is 0 Å².